The molecule has 2 rings (SSSR count). The van der Waals surface area contributed by atoms with E-state index in [4.69, 9.17) is 22.7 Å². The Morgan fingerprint density at radius 1 is 1.53 bits per heavy atom. The first kappa shape index (κ1) is 14.8. The minimum absolute atomic E-state index is 0.0497. The highest BCUT2D eigenvalue weighted by Gasteiger charge is 2.28. The van der Waals surface area contributed by atoms with Gasteiger partial charge in [0.05, 0.1) is 5.60 Å². The molecule has 1 heterocycles. The van der Waals surface area contributed by atoms with E-state index in [-0.39, 0.29) is 5.60 Å². The molecule has 1 aromatic rings. The van der Waals surface area contributed by atoms with Crippen LogP contribution < -0.4 is 11.1 Å². The standard InChI is InChI=1S/C14H19BrN2OS/c1-14(2)8-10(5-6-18-14)17-9-3-4-11(13(16)19)12(15)7-9/h3-4,7,10,17H,5-6,8H2,1-2H3,(H2,16,19). The topological polar surface area (TPSA) is 47.3 Å². The maximum Gasteiger partial charge on any atom is 0.105 e. The molecule has 1 unspecified atom stereocenters. The van der Waals surface area contributed by atoms with Gasteiger partial charge in [0.25, 0.3) is 0 Å². The average Bonchev–Trinajstić information content (AvgIpc) is 2.27. The van der Waals surface area contributed by atoms with Crippen LogP contribution in [0.4, 0.5) is 5.69 Å². The highest BCUT2D eigenvalue weighted by atomic mass is 79.9. The maximum absolute atomic E-state index is 5.72. The van der Waals surface area contributed by atoms with Crippen molar-refractivity contribution >= 4 is 38.8 Å². The van der Waals surface area contributed by atoms with Crippen molar-refractivity contribution in [2.45, 2.75) is 38.3 Å². The normalized spacial score (nSPS) is 21.9. The van der Waals surface area contributed by atoms with Crippen LogP contribution in [0.1, 0.15) is 32.3 Å². The number of nitrogens with two attached hydrogens (primary N) is 1. The van der Waals surface area contributed by atoms with E-state index in [9.17, 15) is 0 Å². The van der Waals surface area contributed by atoms with Gasteiger partial charge in [0.15, 0.2) is 0 Å². The number of halogens is 1. The van der Waals surface area contributed by atoms with Crippen molar-refractivity contribution in [1.29, 1.82) is 0 Å². The molecule has 0 spiro atoms. The third-order valence-corrected chi connectivity index (χ3v) is 4.18. The molecule has 1 aromatic carbocycles. The van der Waals surface area contributed by atoms with Gasteiger partial charge in [-0.15, -0.1) is 0 Å². The maximum atomic E-state index is 5.72. The monoisotopic (exact) mass is 342 g/mol. The van der Waals surface area contributed by atoms with E-state index in [1.807, 2.05) is 18.2 Å². The van der Waals surface area contributed by atoms with Crippen LogP contribution in [0.2, 0.25) is 0 Å². The van der Waals surface area contributed by atoms with Crippen LogP contribution in [0.5, 0.6) is 0 Å². The lowest BCUT2D eigenvalue weighted by Crippen LogP contribution is -2.40. The van der Waals surface area contributed by atoms with E-state index >= 15 is 0 Å². The summed E-state index contributed by atoms with van der Waals surface area (Å²) >= 11 is 8.50. The van der Waals surface area contributed by atoms with E-state index in [0.29, 0.717) is 11.0 Å². The molecular weight excluding hydrogens is 324 g/mol. The number of hydrogen-bond acceptors (Lipinski definition) is 3. The molecule has 0 bridgehead atoms. The summed E-state index contributed by atoms with van der Waals surface area (Å²) in [4.78, 5) is 0.408. The number of benzene rings is 1. The Bertz CT molecular complexity index is 490. The van der Waals surface area contributed by atoms with Gasteiger partial charge in [-0.3, -0.25) is 0 Å². The zero-order valence-corrected chi connectivity index (χ0v) is 13.6. The van der Waals surface area contributed by atoms with Gasteiger partial charge in [0.1, 0.15) is 4.99 Å². The molecule has 5 heteroatoms. The predicted octanol–water partition coefficient (Wildman–Crippen LogP) is 3.45. The fourth-order valence-electron chi connectivity index (χ4n) is 2.40. The Morgan fingerprint density at radius 2 is 2.26 bits per heavy atom. The fourth-order valence-corrected chi connectivity index (χ4v) is 3.30. The van der Waals surface area contributed by atoms with Gasteiger partial charge in [-0.1, -0.05) is 12.2 Å². The number of anilines is 1. The summed E-state index contributed by atoms with van der Waals surface area (Å²) in [6.45, 7) is 5.07. The third kappa shape index (κ3) is 3.91. The van der Waals surface area contributed by atoms with Crippen molar-refractivity contribution in [2.24, 2.45) is 5.73 Å². The second kappa shape index (κ2) is 5.77. The summed E-state index contributed by atoms with van der Waals surface area (Å²) in [5.74, 6) is 0. The number of nitrogens with one attached hydrogen (secondary N) is 1. The quantitative estimate of drug-likeness (QED) is 0.826. The lowest BCUT2D eigenvalue weighted by Gasteiger charge is -2.36. The number of hydrogen-bond donors (Lipinski definition) is 2. The summed E-state index contributed by atoms with van der Waals surface area (Å²) < 4.78 is 6.65. The molecule has 0 saturated carbocycles. The van der Waals surface area contributed by atoms with Crippen molar-refractivity contribution < 1.29 is 4.74 Å². The summed E-state index contributed by atoms with van der Waals surface area (Å²) in [7, 11) is 0. The van der Waals surface area contributed by atoms with E-state index in [1.165, 1.54) is 0 Å². The largest absolute Gasteiger partial charge is 0.389 e. The highest BCUT2D eigenvalue weighted by Crippen LogP contribution is 2.28. The van der Waals surface area contributed by atoms with Crippen LogP contribution in [0.15, 0.2) is 22.7 Å². The van der Waals surface area contributed by atoms with Crippen molar-refractivity contribution in [1.82, 2.24) is 0 Å². The van der Waals surface area contributed by atoms with Gasteiger partial charge in [-0.05, 0) is 60.8 Å². The van der Waals surface area contributed by atoms with Crippen molar-refractivity contribution in [2.75, 3.05) is 11.9 Å². The number of thiocarbonyl (C=S) groups is 1. The van der Waals surface area contributed by atoms with Crippen LogP contribution in [-0.4, -0.2) is 23.2 Å². The van der Waals surface area contributed by atoms with Crippen LogP contribution >= 0.6 is 28.1 Å². The van der Waals surface area contributed by atoms with Crippen molar-refractivity contribution in [3.8, 4) is 0 Å². The smallest absolute Gasteiger partial charge is 0.105 e. The molecule has 3 nitrogen and oxygen atoms in total. The van der Waals surface area contributed by atoms with E-state index in [0.717, 1.165) is 35.2 Å². The van der Waals surface area contributed by atoms with Crippen molar-refractivity contribution in [3.63, 3.8) is 0 Å². The molecule has 1 saturated heterocycles. The van der Waals surface area contributed by atoms with Gasteiger partial charge in [-0.2, -0.15) is 0 Å². The first-order valence-electron chi connectivity index (χ1n) is 6.37. The Hall–Kier alpha value is -0.650. The van der Waals surface area contributed by atoms with Gasteiger partial charge in [-0.25, -0.2) is 0 Å². The Labute approximate surface area is 128 Å². The molecule has 0 aliphatic carbocycles. The second-order valence-electron chi connectivity index (χ2n) is 5.50. The van der Waals surface area contributed by atoms with Crippen LogP contribution in [0, 0.1) is 0 Å². The molecule has 19 heavy (non-hydrogen) atoms. The molecule has 104 valence electrons. The highest BCUT2D eigenvalue weighted by molar-refractivity contribution is 9.10. The zero-order valence-electron chi connectivity index (χ0n) is 11.2. The van der Waals surface area contributed by atoms with Crippen LogP contribution in [-0.2, 0) is 4.74 Å². The molecular formula is C14H19BrN2OS. The molecule has 3 N–H and O–H groups in total. The van der Waals surface area contributed by atoms with E-state index in [2.05, 4.69) is 35.1 Å². The third-order valence-electron chi connectivity index (χ3n) is 3.30. The summed E-state index contributed by atoms with van der Waals surface area (Å²) in [5.41, 5.74) is 7.55. The minimum Gasteiger partial charge on any atom is -0.389 e. The SMILES string of the molecule is CC1(C)CC(Nc2ccc(C(N)=S)c(Br)c2)CCO1. The van der Waals surface area contributed by atoms with Crippen LogP contribution in [0.3, 0.4) is 0 Å². The van der Waals surface area contributed by atoms with Gasteiger partial charge < -0.3 is 15.8 Å². The minimum atomic E-state index is -0.0497. The second-order valence-corrected chi connectivity index (χ2v) is 6.80. The van der Waals surface area contributed by atoms with E-state index in [1.54, 1.807) is 0 Å². The lowest BCUT2D eigenvalue weighted by molar-refractivity contribution is -0.0553. The first-order valence-corrected chi connectivity index (χ1v) is 7.57. The fraction of sp³-hybridized carbons (Fsp3) is 0.500. The Morgan fingerprint density at radius 3 is 2.84 bits per heavy atom. The van der Waals surface area contributed by atoms with Gasteiger partial charge in [0, 0.05) is 28.4 Å². The number of rotatable bonds is 3. The average molecular weight is 343 g/mol. The summed E-state index contributed by atoms with van der Waals surface area (Å²) in [6, 6.07) is 6.42. The zero-order chi connectivity index (χ0) is 14.0. The lowest BCUT2D eigenvalue weighted by atomic mass is 9.94. The van der Waals surface area contributed by atoms with Crippen molar-refractivity contribution in [3.05, 3.63) is 28.2 Å². The molecule has 0 aromatic heterocycles. The summed E-state index contributed by atoms with van der Waals surface area (Å²) in [5, 5.41) is 3.55. The van der Waals surface area contributed by atoms with Gasteiger partial charge in [0.2, 0.25) is 0 Å². The predicted molar refractivity (Wildman–Crippen MR) is 86.7 cm³/mol. The first-order chi connectivity index (χ1) is 8.87. The molecule has 0 amide bonds. The summed E-state index contributed by atoms with van der Waals surface area (Å²) in [6.07, 6.45) is 2.03. The van der Waals surface area contributed by atoms with E-state index < -0.39 is 0 Å². The Balaban J connectivity index is 2.07. The van der Waals surface area contributed by atoms with Gasteiger partial charge >= 0.3 is 0 Å². The molecule has 1 aliphatic rings. The molecule has 1 atom stereocenters. The van der Waals surface area contributed by atoms with Crippen LogP contribution in [0.25, 0.3) is 0 Å². The molecule has 1 aliphatic heterocycles. The molecule has 1 fully saturated rings. The number of ether oxygens (including phenoxy) is 1. The Kier molecular flexibility index (Phi) is 4.48. The molecule has 0 radical (unpaired) electrons.